The van der Waals surface area contributed by atoms with Crippen LogP contribution in [0.3, 0.4) is 0 Å². The van der Waals surface area contributed by atoms with Crippen molar-refractivity contribution in [2.24, 2.45) is 0 Å². The molecule has 1 heterocycles. The van der Waals surface area contributed by atoms with Crippen molar-refractivity contribution in [1.82, 2.24) is 10.2 Å². The number of hydrogen-bond acceptors (Lipinski definition) is 3. The Bertz CT molecular complexity index is 890. The monoisotopic (exact) mass is 340 g/mol. The number of hydrogen-bond donors (Lipinski definition) is 3. The van der Waals surface area contributed by atoms with Gasteiger partial charge in [0.05, 0.1) is 18.5 Å². The zero-order chi connectivity index (χ0) is 17.8. The molecule has 2 amide bonds. The number of nitrogens with one attached hydrogen (secondary N) is 3. The Balaban J connectivity index is 1.81. The van der Waals surface area contributed by atoms with Crippen molar-refractivity contribution in [3.05, 3.63) is 60.0 Å². The van der Waals surface area contributed by atoms with Crippen LogP contribution < -0.4 is 15.4 Å². The molecule has 0 atom stereocenters. The summed E-state index contributed by atoms with van der Waals surface area (Å²) in [5.74, 6) is 0.330. The molecular weight excluding hydrogens is 323 g/mol. The van der Waals surface area contributed by atoms with Gasteiger partial charge in [0.15, 0.2) is 0 Å². The Labute approximate surface area is 144 Å². The molecule has 0 spiro atoms. The largest absolute Gasteiger partial charge is 0.497 e. The molecule has 6 nitrogen and oxygen atoms in total. The number of ether oxygens (including phenoxy) is 1. The van der Waals surface area contributed by atoms with E-state index in [1.54, 1.807) is 7.11 Å². The number of aromatic nitrogens is 2. The van der Waals surface area contributed by atoms with E-state index in [1.165, 1.54) is 24.3 Å². The van der Waals surface area contributed by atoms with Crippen molar-refractivity contribution < 1.29 is 13.9 Å². The number of aromatic amines is 1. The average molecular weight is 340 g/mol. The number of halogens is 1. The van der Waals surface area contributed by atoms with E-state index in [0.29, 0.717) is 28.5 Å². The second-order valence-electron chi connectivity index (χ2n) is 5.39. The van der Waals surface area contributed by atoms with Crippen LogP contribution in [0.4, 0.5) is 20.6 Å². The fraction of sp³-hybridized carbons (Fsp3) is 0.111. The number of carbonyl (C=O) groups excluding carboxylic acids is 1. The molecular formula is C18H17FN4O2. The minimum absolute atomic E-state index is 0.364. The number of aryl methyl sites for hydroxylation is 1. The number of nitrogens with zero attached hydrogens (tertiary/aromatic N) is 1. The van der Waals surface area contributed by atoms with Gasteiger partial charge in [0.25, 0.3) is 0 Å². The van der Waals surface area contributed by atoms with Crippen molar-refractivity contribution in [2.75, 3.05) is 17.7 Å². The van der Waals surface area contributed by atoms with Gasteiger partial charge in [-0.25, -0.2) is 9.18 Å². The molecule has 25 heavy (non-hydrogen) atoms. The molecule has 0 saturated heterocycles. The van der Waals surface area contributed by atoms with E-state index in [1.807, 2.05) is 31.2 Å². The fourth-order valence-corrected chi connectivity index (χ4v) is 2.37. The van der Waals surface area contributed by atoms with Crippen LogP contribution in [0.15, 0.2) is 48.5 Å². The van der Waals surface area contributed by atoms with E-state index in [-0.39, 0.29) is 5.82 Å². The van der Waals surface area contributed by atoms with Crippen LogP contribution in [-0.4, -0.2) is 23.3 Å². The van der Waals surface area contributed by atoms with Gasteiger partial charge in [0, 0.05) is 11.3 Å². The lowest BCUT2D eigenvalue weighted by atomic mass is 10.1. The van der Waals surface area contributed by atoms with Gasteiger partial charge in [-0.1, -0.05) is 12.1 Å². The van der Waals surface area contributed by atoms with Crippen LogP contribution in [0.1, 0.15) is 5.69 Å². The smallest absolute Gasteiger partial charge is 0.323 e. The van der Waals surface area contributed by atoms with Gasteiger partial charge in [-0.2, -0.15) is 5.10 Å². The molecule has 0 fully saturated rings. The maximum atomic E-state index is 12.9. The lowest BCUT2D eigenvalue weighted by Gasteiger charge is -2.09. The van der Waals surface area contributed by atoms with Gasteiger partial charge in [-0.3, -0.25) is 5.10 Å². The average Bonchev–Trinajstić information content (AvgIpc) is 2.97. The predicted molar refractivity (Wildman–Crippen MR) is 94.4 cm³/mol. The minimum Gasteiger partial charge on any atom is -0.497 e. The van der Waals surface area contributed by atoms with Crippen LogP contribution in [0.2, 0.25) is 0 Å². The molecule has 0 saturated carbocycles. The van der Waals surface area contributed by atoms with Crippen LogP contribution in [0.25, 0.3) is 11.3 Å². The summed E-state index contributed by atoms with van der Waals surface area (Å²) in [7, 11) is 1.59. The van der Waals surface area contributed by atoms with Gasteiger partial charge in [0.1, 0.15) is 17.3 Å². The highest BCUT2D eigenvalue weighted by Gasteiger charge is 2.15. The summed E-state index contributed by atoms with van der Waals surface area (Å²) in [5.41, 5.74) is 3.18. The molecule has 0 radical (unpaired) electrons. The number of urea groups is 1. The normalized spacial score (nSPS) is 10.4. The minimum atomic E-state index is -0.444. The van der Waals surface area contributed by atoms with E-state index in [4.69, 9.17) is 4.74 Å². The summed E-state index contributed by atoms with van der Waals surface area (Å²) in [6, 6.07) is 12.5. The molecule has 0 aliphatic rings. The van der Waals surface area contributed by atoms with Crippen molar-refractivity contribution in [3.63, 3.8) is 0 Å². The Morgan fingerprint density at radius 2 is 1.92 bits per heavy atom. The topological polar surface area (TPSA) is 79.0 Å². The van der Waals surface area contributed by atoms with E-state index in [9.17, 15) is 9.18 Å². The summed E-state index contributed by atoms with van der Waals surface area (Å²) in [6.45, 7) is 1.81. The first-order valence-electron chi connectivity index (χ1n) is 7.60. The summed E-state index contributed by atoms with van der Waals surface area (Å²) >= 11 is 0. The van der Waals surface area contributed by atoms with Crippen molar-refractivity contribution in [3.8, 4) is 17.0 Å². The second-order valence-corrected chi connectivity index (χ2v) is 5.39. The molecule has 128 valence electrons. The highest BCUT2D eigenvalue weighted by Crippen LogP contribution is 2.30. The summed E-state index contributed by atoms with van der Waals surface area (Å²) in [4.78, 5) is 12.2. The third-order valence-electron chi connectivity index (χ3n) is 3.63. The zero-order valence-corrected chi connectivity index (χ0v) is 13.8. The highest BCUT2D eigenvalue weighted by atomic mass is 19.1. The molecule has 0 unspecified atom stereocenters. The van der Waals surface area contributed by atoms with E-state index in [0.717, 1.165) is 5.56 Å². The first-order valence-corrected chi connectivity index (χ1v) is 7.60. The molecule has 3 rings (SSSR count). The van der Waals surface area contributed by atoms with Gasteiger partial charge in [0.2, 0.25) is 0 Å². The summed E-state index contributed by atoms with van der Waals surface area (Å²) in [6.07, 6.45) is 0. The number of methoxy groups -OCH3 is 1. The van der Waals surface area contributed by atoms with Crippen LogP contribution in [0, 0.1) is 12.7 Å². The first kappa shape index (κ1) is 16.5. The summed E-state index contributed by atoms with van der Waals surface area (Å²) in [5, 5.41) is 12.6. The Hall–Kier alpha value is -3.35. The molecule has 0 aliphatic carbocycles. The Kier molecular flexibility index (Phi) is 4.65. The van der Waals surface area contributed by atoms with Crippen LogP contribution in [-0.2, 0) is 0 Å². The van der Waals surface area contributed by atoms with Crippen LogP contribution >= 0.6 is 0 Å². The molecule has 2 aromatic carbocycles. The lowest BCUT2D eigenvalue weighted by Crippen LogP contribution is -2.20. The number of H-pyrrole nitrogens is 1. The van der Waals surface area contributed by atoms with Gasteiger partial charge >= 0.3 is 6.03 Å². The highest BCUT2D eigenvalue weighted by molar-refractivity contribution is 6.02. The predicted octanol–water partition coefficient (Wildman–Crippen LogP) is 4.18. The zero-order valence-electron chi connectivity index (χ0n) is 13.8. The fourth-order valence-electron chi connectivity index (χ4n) is 2.37. The molecule has 1 aromatic heterocycles. The van der Waals surface area contributed by atoms with Gasteiger partial charge in [-0.15, -0.1) is 0 Å². The number of anilines is 2. The Morgan fingerprint density at radius 1 is 1.16 bits per heavy atom. The van der Waals surface area contributed by atoms with E-state index >= 15 is 0 Å². The number of amides is 2. The van der Waals surface area contributed by atoms with E-state index in [2.05, 4.69) is 20.8 Å². The molecule has 0 aliphatic heterocycles. The molecule has 3 N–H and O–H groups in total. The first-order chi connectivity index (χ1) is 12.1. The SMILES string of the molecule is COc1cccc(-c2n[nH]c(C)c2NC(=O)Nc2ccc(F)cc2)c1. The third-order valence-corrected chi connectivity index (χ3v) is 3.63. The second kappa shape index (κ2) is 7.04. The van der Waals surface area contributed by atoms with Crippen molar-refractivity contribution >= 4 is 17.4 Å². The Morgan fingerprint density at radius 3 is 2.64 bits per heavy atom. The maximum absolute atomic E-state index is 12.9. The van der Waals surface area contributed by atoms with E-state index < -0.39 is 6.03 Å². The standard InChI is InChI=1S/C18H17FN4O2/c1-11-16(21-18(24)20-14-8-6-13(19)7-9-14)17(23-22-11)12-4-3-5-15(10-12)25-2/h3-10H,1-2H3,(H,22,23)(H2,20,21,24). The molecule has 0 bridgehead atoms. The quantitative estimate of drug-likeness (QED) is 0.667. The summed E-state index contributed by atoms with van der Waals surface area (Å²) < 4.78 is 18.2. The maximum Gasteiger partial charge on any atom is 0.323 e. The number of rotatable bonds is 4. The van der Waals surface area contributed by atoms with Gasteiger partial charge < -0.3 is 15.4 Å². The lowest BCUT2D eigenvalue weighted by molar-refractivity contribution is 0.262. The third kappa shape index (κ3) is 3.77. The van der Waals surface area contributed by atoms with Crippen LogP contribution in [0.5, 0.6) is 5.75 Å². The number of carbonyl (C=O) groups is 1. The van der Waals surface area contributed by atoms with Crippen molar-refractivity contribution in [2.45, 2.75) is 6.92 Å². The number of benzene rings is 2. The molecule has 3 aromatic rings. The van der Waals surface area contributed by atoms with Crippen molar-refractivity contribution in [1.29, 1.82) is 0 Å². The van der Waals surface area contributed by atoms with Gasteiger partial charge in [-0.05, 0) is 43.3 Å². The molecule has 7 heteroatoms.